The number of carbonyl (C=O) groups excluding carboxylic acids is 1. The molecule has 0 aliphatic heterocycles. The molecule has 0 radical (unpaired) electrons. The van der Waals surface area contributed by atoms with Crippen LogP contribution in [0.1, 0.15) is 16.3 Å². The van der Waals surface area contributed by atoms with E-state index in [9.17, 15) is 4.79 Å². The molecule has 66 valence electrons. The number of carbonyl (C=O) groups is 1. The molecule has 13 heavy (non-hydrogen) atoms. The van der Waals surface area contributed by atoms with Crippen LogP contribution in [-0.2, 0) is 6.54 Å². The fourth-order valence-corrected chi connectivity index (χ4v) is 1.10. The van der Waals surface area contributed by atoms with Gasteiger partial charge in [-0.05, 0) is 18.2 Å². The van der Waals surface area contributed by atoms with E-state index in [0.717, 1.165) is 5.76 Å². The van der Waals surface area contributed by atoms with Crippen molar-refractivity contribution in [2.45, 2.75) is 6.54 Å². The Hall–Kier alpha value is -1.84. The van der Waals surface area contributed by atoms with Crippen LogP contribution < -0.4 is 0 Å². The van der Waals surface area contributed by atoms with Crippen LogP contribution in [0.15, 0.2) is 35.0 Å². The molecular formula is C9H8N2O2. The van der Waals surface area contributed by atoms with Crippen LogP contribution >= 0.6 is 0 Å². The van der Waals surface area contributed by atoms with Crippen molar-refractivity contribution in [3.63, 3.8) is 0 Å². The van der Waals surface area contributed by atoms with Gasteiger partial charge in [-0.1, -0.05) is 0 Å². The molecule has 2 rings (SSSR count). The summed E-state index contributed by atoms with van der Waals surface area (Å²) in [5.41, 5.74) is 0. The maximum atomic E-state index is 10.3. The molecule has 0 aliphatic carbocycles. The lowest BCUT2D eigenvalue weighted by atomic mass is 10.4. The summed E-state index contributed by atoms with van der Waals surface area (Å²) in [6, 6.07) is 5.25. The van der Waals surface area contributed by atoms with Gasteiger partial charge in [0.05, 0.1) is 6.54 Å². The first-order valence-corrected chi connectivity index (χ1v) is 3.90. The number of aromatic nitrogens is 2. The largest absolute Gasteiger partial charge is 0.456 e. The van der Waals surface area contributed by atoms with E-state index in [-0.39, 0.29) is 0 Å². The molecule has 4 heteroatoms. The Morgan fingerprint density at radius 2 is 2.46 bits per heavy atom. The normalized spacial score (nSPS) is 10.2. The van der Waals surface area contributed by atoms with Gasteiger partial charge in [0.15, 0.2) is 12.0 Å². The smallest absolute Gasteiger partial charge is 0.185 e. The molecule has 0 amide bonds. The van der Waals surface area contributed by atoms with Gasteiger partial charge in [0.1, 0.15) is 5.76 Å². The molecule has 0 atom stereocenters. The third-order valence-electron chi connectivity index (χ3n) is 1.68. The van der Waals surface area contributed by atoms with Crippen molar-refractivity contribution >= 4 is 6.29 Å². The van der Waals surface area contributed by atoms with Crippen molar-refractivity contribution < 1.29 is 9.21 Å². The Morgan fingerprint density at radius 3 is 3.08 bits per heavy atom. The van der Waals surface area contributed by atoms with Crippen LogP contribution in [0, 0.1) is 0 Å². The van der Waals surface area contributed by atoms with Crippen LogP contribution in [0.4, 0.5) is 0 Å². The quantitative estimate of drug-likeness (QED) is 0.663. The Morgan fingerprint density at radius 1 is 1.54 bits per heavy atom. The predicted molar refractivity (Wildman–Crippen MR) is 45.4 cm³/mol. The van der Waals surface area contributed by atoms with E-state index < -0.39 is 0 Å². The van der Waals surface area contributed by atoms with E-state index in [1.165, 1.54) is 0 Å². The summed E-state index contributed by atoms with van der Waals surface area (Å²) in [4.78, 5) is 10.3. The highest BCUT2D eigenvalue weighted by Gasteiger charge is 2.00. The van der Waals surface area contributed by atoms with E-state index in [0.29, 0.717) is 18.6 Å². The molecule has 0 bridgehead atoms. The zero-order valence-corrected chi connectivity index (χ0v) is 6.88. The minimum absolute atomic E-state index is 0.349. The minimum Gasteiger partial charge on any atom is -0.456 e. The van der Waals surface area contributed by atoms with Crippen LogP contribution in [0.3, 0.4) is 0 Å². The Labute approximate surface area is 74.8 Å². The van der Waals surface area contributed by atoms with E-state index in [4.69, 9.17) is 4.42 Å². The van der Waals surface area contributed by atoms with E-state index >= 15 is 0 Å². The third-order valence-corrected chi connectivity index (χ3v) is 1.68. The number of rotatable bonds is 3. The first-order valence-electron chi connectivity index (χ1n) is 3.90. The lowest BCUT2D eigenvalue weighted by Crippen LogP contribution is -1.97. The van der Waals surface area contributed by atoms with Crippen molar-refractivity contribution in [3.05, 3.63) is 42.1 Å². The number of hydrogen-bond acceptors (Lipinski definition) is 3. The van der Waals surface area contributed by atoms with Gasteiger partial charge in [0, 0.05) is 12.4 Å². The third kappa shape index (κ3) is 1.66. The summed E-state index contributed by atoms with van der Waals surface area (Å²) in [7, 11) is 0. The zero-order valence-electron chi connectivity index (χ0n) is 6.88. The number of aldehydes is 1. The molecule has 4 nitrogen and oxygen atoms in total. The average molecular weight is 176 g/mol. The van der Waals surface area contributed by atoms with Crippen LogP contribution in [-0.4, -0.2) is 16.1 Å². The first-order chi connectivity index (χ1) is 6.38. The molecule has 0 aromatic carbocycles. The van der Waals surface area contributed by atoms with Crippen molar-refractivity contribution in [2.24, 2.45) is 0 Å². The first kappa shape index (κ1) is 7.79. The van der Waals surface area contributed by atoms with Crippen LogP contribution in [0.25, 0.3) is 0 Å². The molecule has 0 fully saturated rings. The SMILES string of the molecule is O=Cc1ccc(Cn2cccn2)o1. The monoisotopic (exact) mass is 176 g/mol. The molecular weight excluding hydrogens is 168 g/mol. The summed E-state index contributed by atoms with van der Waals surface area (Å²) < 4.78 is 6.91. The fourth-order valence-electron chi connectivity index (χ4n) is 1.10. The van der Waals surface area contributed by atoms with Gasteiger partial charge in [-0.15, -0.1) is 0 Å². The van der Waals surface area contributed by atoms with Crippen molar-refractivity contribution in [3.8, 4) is 0 Å². The van der Waals surface area contributed by atoms with Crippen LogP contribution in [0.2, 0.25) is 0 Å². The van der Waals surface area contributed by atoms with Crippen LogP contribution in [0.5, 0.6) is 0 Å². The number of nitrogens with zero attached hydrogens (tertiary/aromatic N) is 2. The van der Waals surface area contributed by atoms with Gasteiger partial charge in [0.2, 0.25) is 0 Å². The molecule has 0 N–H and O–H groups in total. The van der Waals surface area contributed by atoms with E-state index in [1.807, 2.05) is 12.3 Å². The standard InChI is InChI=1S/C9H8N2O2/c12-7-9-3-2-8(13-9)6-11-5-1-4-10-11/h1-5,7H,6H2. The molecule has 0 spiro atoms. The van der Waals surface area contributed by atoms with Gasteiger partial charge in [-0.25, -0.2) is 0 Å². The Bertz CT molecular complexity index is 389. The lowest BCUT2D eigenvalue weighted by Gasteiger charge is -1.95. The van der Waals surface area contributed by atoms with Gasteiger partial charge < -0.3 is 4.42 Å². The summed E-state index contributed by atoms with van der Waals surface area (Å²) in [6.45, 7) is 0.556. The summed E-state index contributed by atoms with van der Waals surface area (Å²) in [5.74, 6) is 1.08. The molecule has 2 heterocycles. The molecule has 0 aliphatic rings. The second-order valence-electron chi connectivity index (χ2n) is 2.63. The summed E-state index contributed by atoms with van der Waals surface area (Å²) in [5, 5.41) is 4.01. The zero-order chi connectivity index (χ0) is 9.10. The molecule has 2 aromatic heterocycles. The second-order valence-corrected chi connectivity index (χ2v) is 2.63. The van der Waals surface area contributed by atoms with Gasteiger partial charge >= 0.3 is 0 Å². The average Bonchev–Trinajstić information content (AvgIpc) is 2.76. The highest BCUT2D eigenvalue weighted by atomic mass is 16.3. The Balaban J connectivity index is 2.14. The van der Waals surface area contributed by atoms with Gasteiger partial charge in [-0.3, -0.25) is 9.48 Å². The Kier molecular flexibility index (Phi) is 1.96. The number of hydrogen-bond donors (Lipinski definition) is 0. The highest BCUT2D eigenvalue weighted by molar-refractivity contribution is 5.70. The highest BCUT2D eigenvalue weighted by Crippen LogP contribution is 2.06. The topological polar surface area (TPSA) is 48.0 Å². The van der Waals surface area contributed by atoms with Crippen molar-refractivity contribution in [1.82, 2.24) is 9.78 Å². The van der Waals surface area contributed by atoms with E-state index in [2.05, 4.69) is 5.10 Å². The van der Waals surface area contributed by atoms with Crippen molar-refractivity contribution in [1.29, 1.82) is 0 Å². The molecule has 0 saturated carbocycles. The van der Waals surface area contributed by atoms with E-state index in [1.54, 1.807) is 23.0 Å². The molecule has 2 aromatic rings. The lowest BCUT2D eigenvalue weighted by molar-refractivity contribution is 0.109. The minimum atomic E-state index is 0.349. The number of furan rings is 1. The summed E-state index contributed by atoms with van der Waals surface area (Å²) >= 11 is 0. The van der Waals surface area contributed by atoms with Gasteiger partial charge in [0.25, 0.3) is 0 Å². The maximum absolute atomic E-state index is 10.3. The predicted octanol–water partition coefficient (Wildman–Crippen LogP) is 1.34. The fraction of sp³-hybridized carbons (Fsp3) is 0.111. The molecule has 0 saturated heterocycles. The second kappa shape index (κ2) is 3.26. The summed E-state index contributed by atoms with van der Waals surface area (Å²) in [6.07, 6.45) is 4.22. The van der Waals surface area contributed by atoms with Gasteiger partial charge in [-0.2, -0.15) is 5.10 Å². The molecule has 0 unspecified atom stereocenters. The van der Waals surface area contributed by atoms with Crippen molar-refractivity contribution in [2.75, 3.05) is 0 Å². The maximum Gasteiger partial charge on any atom is 0.185 e.